The van der Waals surface area contributed by atoms with Gasteiger partial charge in [0.25, 0.3) is 5.91 Å². The fourth-order valence-electron chi connectivity index (χ4n) is 3.16. The van der Waals surface area contributed by atoms with Gasteiger partial charge < -0.3 is 5.32 Å². The molecule has 1 heterocycles. The van der Waals surface area contributed by atoms with E-state index in [2.05, 4.69) is 10.0 Å². The molecule has 0 spiro atoms. The minimum atomic E-state index is -3.67. The van der Waals surface area contributed by atoms with Gasteiger partial charge >= 0.3 is 0 Å². The second kappa shape index (κ2) is 8.23. The molecule has 1 amide bonds. The van der Waals surface area contributed by atoms with E-state index in [1.165, 1.54) is 41.7 Å². The Morgan fingerprint density at radius 1 is 1.00 bits per heavy atom. The third-order valence-electron chi connectivity index (χ3n) is 4.80. The van der Waals surface area contributed by atoms with Gasteiger partial charge in [0.2, 0.25) is 20.0 Å². The molecule has 1 saturated heterocycles. The molecule has 2 N–H and O–H groups in total. The highest BCUT2D eigenvalue weighted by Crippen LogP contribution is 2.23. The molecule has 0 aliphatic carbocycles. The van der Waals surface area contributed by atoms with Gasteiger partial charge in [-0.1, -0.05) is 12.1 Å². The van der Waals surface area contributed by atoms with Crippen LogP contribution in [0.15, 0.2) is 52.3 Å². The van der Waals surface area contributed by atoms with Gasteiger partial charge in [-0.25, -0.2) is 21.6 Å². The van der Waals surface area contributed by atoms with Crippen LogP contribution in [0.5, 0.6) is 0 Å². The predicted molar refractivity (Wildman–Crippen MR) is 110 cm³/mol. The number of benzene rings is 2. The summed E-state index contributed by atoms with van der Waals surface area (Å²) in [7, 11) is -6.00. The maximum absolute atomic E-state index is 12.7. The first-order valence-electron chi connectivity index (χ1n) is 9.11. The summed E-state index contributed by atoms with van der Waals surface area (Å²) in [6.45, 7) is 2.61. The van der Waals surface area contributed by atoms with Crippen LogP contribution in [0.4, 0.5) is 5.69 Å². The molecule has 0 atom stereocenters. The van der Waals surface area contributed by atoms with Crippen molar-refractivity contribution in [1.82, 2.24) is 9.03 Å². The van der Waals surface area contributed by atoms with Gasteiger partial charge in [0.1, 0.15) is 0 Å². The highest BCUT2D eigenvalue weighted by atomic mass is 32.2. The average molecular weight is 438 g/mol. The molecular formula is C19H23N3O5S2. The Morgan fingerprint density at radius 2 is 1.69 bits per heavy atom. The monoisotopic (exact) mass is 437 g/mol. The smallest absolute Gasteiger partial charge is 0.255 e. The Labute approximate surface area is 171 Å². The first-order chi connectivity index (χ1) is 13.6. The SMILES string of the molecule is CNS(=O)(=O)c1cc(NC(=O)c2cccc(S(=O)(=O)N3CCCC3)c2)ccc1C. The van der Waals surface area contributed by atoms with E-state index in [1.807, 2.05) is 0 Å². The second-order valence-electron chi connectivity index (χ2n) is 6.78. The standard InChI is InChI=1S/C19H23N3O5S2/c1-14-8-9-16(13-18(14)28(24,25)20-2)21-19(23)15-6-5-7-17(12-15)29(26,27)22-10-3-4-11-22/h5-9,12-13,20H,3-4,10-11H2,1-2H3,(H,21,23). The topological polar surface area (TPSA) is 113 Å². The van der Waals surface area contributed by atoms with Crippen LogP contribution in [-0.2, 0) is 20.0 Å². The lowest BCUT2D eigenvalue weighted by Gasteiger charge is -2.16. The molecule has 2 aromatic rings. The van der Waals surface area contributed by atoms with Crippen LogP contribution in [0, 0.1) is 6.92 Å². The molecule has 0 aromatic heterocycles. The molecule has 0 saturated carbocycles. The summed E-state index contributed by atoms with van der Waals surface area (Å²) in [6.07, 6.45) is 1.65. The molecule has 29 heavy (non-hydrogen) atoms. The van der Waals surface area contributed by atoms with Gasteiger partial charge in [-0.2, -0.15) is 4.31 Å². The lowest BCUT2D eigenvalue weighted by atomic mass is 10.2. The maximum Gasteiger partial charge on any atom is 0.255 e. The number of aryl methyl sites for hydroxylation is 1. The van der Waals surface area contributed by atoms with Crippen molar-refractivity contribution in [2.45, 2.75) is 29.6 Å². The van der Waals surface area contributed by atoms with Gasteiger partial charge in [0.15, 0.2) is 0 Å². The van der Waals surface area contributed by atoms with Gasteiger partial charge in [0, 0.05) is 24.3 Å². The van der Waals surface area contributed by atoms with Crippen molar-refractivity contribution < 1.29 is 21.6 Å². The van der Waals surface area contributed by atoms with Crippen molar-refractivity contribution in [2.75, 3.05) is 25.5 Å². The molecule has 10 heteroatoms. The van der Waals surface area contributed by atoms with Gasteiger partial charge in [-0.15, -0.1) is 0 Å². The summed E-state index contributed by atoms with van der Waals surface area (Å²) in [6, 6.07) is 10.4. The Balaban J connectivity index is 1.86. The quantitative estimate of drug-likeness (QED) is 0.717. The maximum atomic E-state index is 12.7. The lowest BCUT2D eigenvalue weighted by Crippen LogP contribution is -2.28. The lowest BCUT2D eigenvalue weighted by molar-refractivity contribution is 0.102. The van der Waals surface area contributed by atoms with Crippen LogP contribution in [0.25, 0.3) is 0 Å². The second-order valence-corrected chi connectivity index (χ2v) is 10.6. The van der Waals surface area contributed by atoms with E-state index in [1.54, 1.807) is 19.1 Å². The molecular weight excluding hydrogens is 414 g/mol. The first kappa shape index (κ1) is 21.4. The van der Waals surface area contributed by atoms with Gasteiger partial charge in [-0.05, 0) is 62.7 Å². The Kier molecular flexibility index (Phi) is 6.08. The van der Waals surface area contributed by atoms with E-state index in [9.17, 15) is 21.6 Å². The summed E-state index contributed by atoms with van der Waals surface area (Å²) < 4.78 is 53.3. The summed E-state index contributed by atoms with van der Waals surface area (Å²) in [4.78, 5) is 12.8. The number of hydrogen-bond acceptors (Lipinski definition) is 5. The van der Waals surface area contributed by atoms with Crippen molar-refractivity contribution in [1.29, 1.82) is 0 Å². The fourth-order valence-corrected chi connectivity index (χ4v) is 5.71. The Morgan fingerprint density at radius 3 is 2.34 bits per heavy atom. The number of hydrogen-bond donors (Lipinski definition) is 2. The average Bonchev–Trinajstić information content (AvgIpc) is 3.25. The predicted octanol–water partition coefficient (Wildman–Crippen LogP) is 1.94. The van der Waals surface area contributed by atoms with Crippen LogP contribution in [0.2, 0.25) is 0 Å². The molecule has 8 nitrogen and oxygen atoms in total. The normalized spacial score (nSPS) is 15.4. The number of anilines is 1. The zero-order valence-electron chi connectivity index (χ0n) is 16.2. The number of rotatable bonds is 6. The fraction of sp³-hybridized carbons (Fsp3) is 0.316. The molecule has 1 aliphatic rings. The van der Waals surface area contributed by atoms with Crippen molar-refractivity contribution in [3.8, 4) is 0 Å². The molecule has 156 valence electrons. The molecule has 3 rings (SSSR count). The van der Waals surface area contributed by atoms with E-state index < -0.39 is 26.0 Å². The minimum Gasteiger partial charge on any atom is -0.322 e. The molecule has 1 aliphatic heterocycles. The summed E-state index contributed by atoms with van der Waals surface area (Å²) in [5, 5.41) is 2.63. The van der Waals surface area contributed by atoms with Crippen molar-refractivity contribution in [3.05, 3.63) is 53.6 Å². The van der Waals surface area contributed by atoms with Crippen molar-refractivity contribution in [2.24, 2.45) is 0 Å². The summed E-state index contributed by atoms with van der Waals surface area (Å²) in [5.41, 5.74) is 1.00. The molecule has 1 fully saturated rings. The van der Waals surface area contributed by atoms with Crippen LogP contribution >= 0.6 is 0 Å². The van der Waals surface area contributed by atoms with Gasteiger partial charge in [0.05, 0.1) is 9.79 Å². The van der Waals surface area contributed by atoms with Crippen LogP contribution < -0.4 is 10.0 Å². The number of carbonyl (C=O) groups is 1. The largest absolute Gasteiger partial charge is 0.322 e. The molecule has 0 bridgehead atoms. The summed E-state index contributed by atoms with van der Waals surface area (Å²) in [5.74, 6) is -0.528. The van der Waals surface area contributed by atoms with Crippen LogP contribution in [0.3, 0.4) is 0 Å². The molecule has 2 aromatic carbocycles. The number of sulfonamides is 2. The number of nitrogens with zero attached hydrogens (tertiary/aromatic N) is 1. The van der Waals surface area contributed by atoms with E-state index in [0.717, 1.165) is 12.8 Å². The van der Waals surface area contributed by atoms with Crippen LogP contribution in [-0.4, -0.2) is 47.2 Å². The number of nitrogens with one attached hydrogen (secondary N) is 2. The van der Waals surface area contributed by atoms with E-state index in [0.29, 0.717) is 24.3 Å². The molecule has 0 radical (unpaired) electrons. The number of amides is 1. The zero-order valence-corrected chi connectivity index (χ0v) is 17.8. The Bertz CT molecular complexity index is 1140. The molecule has 0 unspecified atom stereocenters. The Hall–Kier alpha value is -2.27. The highest BCUT2D eigenvalue weighted by molar-refractivity contribution is 7.89. The zero-order chi connectivity index (χ0) is 21.2. The summed E-state index contributed by atoms with van der Waals surface area (Å²) >= 11 is 0. The number of carbonyl (C=O) groups excluding carboxylic acids is 1. The first-order valence-corrected chi connectivity index (χ1v) is 12.0. The highest BCUT2D eigenvalue weighted by Gasteiger charge is 2.27. The van der Waals surface area contributed by atoms with Crippen LogP contribution in [0.1, 0.15) is 28.8 Å². The van der Waals surface area contributed by atoms with E-state index in [4.69, 9.17) is 0 Å². The third-order valence-corrected chi connectivity index (χ3v) is 8.25. The van der Waals surface area contributed by atoms with Crippen molar-refractivity contribution >= 4 is 31.6 Å². The van der Waals surface area contributed by atoms with Crippen molar-refractivity contribution in [3.63, 3.8) is 0 Å². The van der Waals surface area contributed by atoms with E-state index >= 15 is 0 Å². The minimum absolute atomic E-state index is 0.0585. The third kappa shape index (κ3) is 4.50. The van der Waals surface area contributed by atoms with E-state index in [-0.39, 0.29) is 15.4 Å². The van der Waals surface area contributed by atoms with Gasteiger partial charge in [-0.3, -0.25) is 4.79 Å².